The van der Waals surface area contributed by atoms with Crippen molar-refractivity contribution < 1.29 is 0 Å². The molecule has 0 fully saturated rings. The lowest BCUT2D eigenvalue weighted by Crippen LogP contribution is -2.29. The highest BCUT2D eigenvalue weighted by Gasteiger charge is 2.50. The van der Waals surface area contributed by atoms with Crippen LogP contribution in [0.2, 0.25) is 0 Å². The van der Waals surface area contributed by atoms with Crippen LogP contribution in [-0.2, 0) is 5.41 Å². The summed E-state index contributed by atoms with van der Waals surface area (Å²) in [5.74, 6) is 0.714. The van der Waals surface area contributed by atoms with E-state index in [0.29, 0.717) is 5.82 Å². The van der Waals surface area contributed by atoms with Crippen LogP contribution in [-0.4, -0.2) is 9.97 Å². The molecule has 0 saturated heterocycles. The lowest BCUT2D eigenvalue weighted by atomic mass is 9.65. The first-order chi connectivity index (χ1) is 27.8. The number of hydrogen-bond acceptors (Lipinski definition) is 3. The first-order valence-electron chi connectivity index (χ1n) is 19.2. The van der Waals surface area contributed by atoms with E-state index in [0.717, 1.165) is 28.1 Å². The molecule has 2 heterocycles. The van der Waals surface area contributed by atoms with E-state index < -0.39 is 5.41 Å². The summed E-state index contributed by atoms with van der Waals surface area (Å²) in [6.07, 6.45) is 0. The fourth-order valence-electron chi connectivity index (χ4n) is 9.53. The second kappa shape index (κ2) is 12.0. The molecule has 260 valence electrons. The summed E-state index contributed by atoms with van der Waals surface area (Å²) in [5.41, 5.74) is 17.1. The smallest absolute Gasteiger partial charge is 0.160 e. The van der Waals surface area contributed by atoms with Crippen molar-refractivity contribution in [2.45, 2.75) is 5.41 Å². The molecule has 0 N–H and O–H groups in total. The molecule has 2 aliphatic carbocycles. The van der Waals surface area contributed by atoms with Gasteiger partial charge in [-0.2, -0.15) is 0 Å². The minimum atomic E-state index is -0.609. The molecule has 10 aromatic rings. The molecule has 1 atom stereocenters. The second-order valence-electron chi connectivity index (χ2n) is 14.8. The molecule has 1 spiro atoms. The van der Waals surface area contributed by atoms with Crippen molar-refractivity contribution in [1.82, 2.24) is 9.97 Å². The van der Waals surface area contributed by atoms with Crippen molar-refractivity contribution in [3.63, 3.8) is 0 Å². The summed E-state index contributed by atoms with van der Waals surface area (Å²) in [6, 6.07) is 71.0. The Bertz CT molecular complexity index is 3140. The van der Waals surface area contributed by atoms with Gasteiger partial charge in [0.05, 0.1) is 16.8 Å². The number of aromatic nitrogens is 2. The van der Waals surface area contributed by atoms with Gasteiger partial charge in [-0.15, -0.1) is 11.3 Å². The number of benzene rings is 8. The van der Waals surface area contributed by atoms with E-state index in [2.05, 4.69) is 188 Å². The molecule has 0 amide bonds. The molecule has 2 aliphatic rings. The molecule has 2 nitrogen and oxygen atoms in total. The van der Waals surface area contributed by atoms with Crippen LogP contribution >= 0.6 is 11.3 Å². The second-order valence-corrected chi connectivity index (χ2v) is 15.9. The molecule has 12 rings (SSSR count). The summed E-state index contributed by atoms with van der Waals surface area (Å²) in [5, 5.41) is 2.62. The summed E-state index contributed by atoms with van der Waals surface area (Å²) in [6.45, 7) is 0. The molecule has 1 unspecified atom stereocenters. The number of hydrogen-bond donors (Lipinski definition) is 0. The fourth-order valence-corrected chi connectivity index (χ4v) is 10.7. The van der Waals surface area contributed by atoms with Gasteiger partial charge in [0, 0.05) is 36.9 Å². The van der Waals surface area contributed by atoms with Gasteiger partial charge in [0.2, 0.25) is 0 Å². The molecule has 0 aliphatic heterocycles. The van der Waals surface area contributed by atoms with Crippen molar-refractivity contribution >= 4 is 31.5 Å². The zero-order valence-electron chi connectivity index (χ0n) is 30.3. The summed E-state index contributed by atoms with van der Waals surface area (Å²) >= 11 is 1.89. The van der Waals surface area contributed by atoms with Gasteiger partial charge in [-0.25, -0.2) is 9.97 Å². The van der Waals surface area contributed by atoms with Crippen LogP contribution in [0.1, 0.15) is 22.3 Å². The third-order valence-electron chi connectivity index (χ3n) is 11.9. The van der Waals surface area contributed by atoms with Gasteiger partial charge in [-0.1, -0.05) is 164 Å². The van der Waals surface area contributed by atoms with Crippen molar-refractivity contribution in [2.75, 3.05) is 0 Å². The molecule has 0 saturated carbocycles. The Hall–Kier alpha value is -6.94. The van der Waals surface area contributed by atoms with Crippen molar-refractivity contribution in [2.24, 2.45) is 0 Å². The highest BCUT2D eigenvalue weighted by atomic mass is 32.1. The first-order valence-corrected chi connectivity index (χ1v) is 20.0. The Morgan fingerprint density at radius 1 is 0.321 bits per heavy atom. The fraction of sp³-hybridized carbons (Fsp3) is 0.0189. The molecular weight excluding hydrogens is 697 g/mol. The predicted octanol–water partition coefficient (Wildman–Crippen LogP) is 13.9. The van der Waals surface area contributed by atoms with Gasteiger partial charge in [0.15, 0.2) is 5.82 Å². The molecule has 0 bridgehead atoms. The van der Waals surface area contributed by atoms with Gasteiger partial charge >= 0.3 is 0 Å². The quantitative estimate of drug-likeness (QED) is 0.181. The van der Waals surface area contributed by atoms with Crippen LogP contribution in [0, 0.1) is 0 Å². The summed E-state index contributed by atoms with van der Waals surface area (Å²) < 4.78 is 2.64. The number of nitrogens with zero attached hydrogens (tertiary/aromatic N) is 2. The van der Waals surface area contributed by atoms with E-state index >= 15 is 0 Å². The molecule has 3 heteroatoms. The monoisotopic (exact) mass is 728 g/mol. The lowest BCUT2D eigenvalue weighted by Gasteiger charge is -2.35. The van der Waals surface area contributed by atoms with Crippen LogP contribution in [0.15, 0.2) is 194 Å². The maximum Gasteiger partial charge on any atom is 0.160 e. The van der Waals surface area contributed by atoms with Crippen LogP contribution in [0.25, 0.3) is 87.5 Å². The molecular formula is C53H32N2S. The lowest BCUT2D eigenvalue weighted by molar-refractivity contribution is 0.777. The predicted molar refractivity (Wildman–Crippen MR) is 233 cm³/mol. The average molecular weight is 729 g/mol. The topological polar surface area (TPSA) is 25.8 Å². The maximum atomic E-state index is 5.32. The Morgan fingerprint density at radius 2 is 0.857 bits per heavy atom. The highest BCUT2D eigenvalue weighted by molar-refractivity contribution is 7.25. The normalized spacial score (nSPS) is 14.9. The highest BCUT2D eigenvalue weighted by Crippen LogP contribution is 2.62. The van der Waals surface area contributed by atoms with Crippen molar-refractivity contribution in [3.8, 4) is 67.3 Å². The van der Waals surface area contributed by atoms with E-state index in [1.165, 1.54) is 75.8 Å². The standard InChI is InChI=1S/C53H32N2S/c1-3-15-33(16-4-1)48-32-49(55-52(54-48)34-17-5-2-6-18-34)35-27-28-40-37-20-8-7-19-36(37)38-21-9-12-24-44(38)53(46(40)29-35)45-25-13-10-22-39(45)42-31-51-43(30-47(42)53)41-23-11-14-26-50(41)56-51/h1-32H. The Balaban J connectivity index is 1.22. The summed E-state index contributed by atoms with van der Waals surface area (Å²) in [7, 11) is 0. The number of fused-ring (bicyclic) bond motifs is 15. The van der Waals surface area contributed by atoms with Crippen LogP contribution in [0.4, 0.5) is 0 Å². The van der Waals surface area contributed by atoms with Gasteiger partial charge in [-0.3, -0.25) is 0 Å². The maximum absolute atomic E-state index is 5.32. The largest absolute Gasteiger partial charge is 0.228 e. The molecule has 8 aromatic carbocycles. The number of rotatable bonds is 3. The van der Waals surface area contributed by atoms with Gasteiger partial charge < -0.3 is 0 Å². The van der Waals surface area contributed by atoms with Gasteiger partial charge in [0.25, 0.3) is 0 Å². The van der Waals surface area contributed by atoms with Crippen LogP contribution in [0.5, 0.6) is 0 Å². The van der Waals surface area contributed by atoms with Crippen molar-refractivity contribution in [3.05, 3.63) is 216 Å². The first kappa shape index (κ1) is 31.4. The molecule has 0 radical (unpaired) electrons. The van der Waals surface area contributed by atoms with E-state index in [-0.39, 0.29) is 0 Å². The SMILES string of the molecule is c1ccc(-c2cc(-c3ccc4c(c3)C3(c5ccccc5-c5ccccc5-4)c4ccccc4-c4cc5sc6ccccc6c5cc43)nc(-c3ccccc3)n2)cc1. The van der Waals surface area contributed by atoms with Gasteiger partial charge in [0.1, 0.15) is 0 Å². The van der Waals surface area contributed by atoms with Crippen LogP contribution < -0.4 is 0 Å². The molecule has 2 aromatic heterocycles. The Morgan fingerprint density at radius 3 is 1.57 bits per heavy atom. The van der Waals surface area contributed by atoms with E-state index in [4.69, 9.17) is 9.97 Å². The third-order valence-corrected chi connectivity index (χ3v) is 13.1. The zero-order chi connectivity index (χ0) is 36.8. The Labute approximate surface area is 329 Å². The zero-order valence-corrected chi connectivity index (χ0v) is 31.1. The third kappa shape index (κ3) is 4.43. The number of thiophene rings is 1. The summed E-state index contributed by atoms with van der Waals surface area (Å²) in [4.78, 5) is 10.5. The van der Waals surface area contributed by atoms with Crippen molar-refractivity contribution in [1.29, 1.82) is 0 Å². The average Bonchev–Trinajstić information content (AvgIpc) is 3.75. The molecule has 56 heavy (non-hydrogen) atoms. The Kier molecular flexibility index (Phi) is 6.75. The van der Waals surface area contributed by atoms with Crippen LogP contribution in [0.3, 0.4) is 0 Å². The van der Waals surface area contributed by atoms with E-state index in [1.807, 2.05) is 17.4 Å². The minimum Gasteiger partial charge on any atom is -0.228 e. The van der Waals surface area contributed by atoms with E-state index in [1.54, 1.807) is 0 Å². The van der Waals surface area contributed by atoms with Gasteiger partial charge in [-0.05, 0) is 86.0 Å². The minimum absolute atomic E-state index is 0.609. The van der Waals surface area contributed by atoms with E-state index in [9.17, 15) is 0 Å².